The minimum Gasteiger partial charge on any atom is -0.481 e. The van der Waals surface area contributed by atoms with E-state index >= 15 is 0 Å². The fraction of sp³-hybridized carbons (Fsp3) is 0.880. The Morgan fingerprint density at radius 3 is 1.63 bits per heavy atom. The van der Waals surface area contributed by atoms with Crippen LogP contribution in [0.5, 0.6) is 0 Å². The molecule has 0 saturated carbocycles. The lowest BCUT2D eigenvalue weighted by Gasteiger charge is -2.29. The number of nitrogens with zero attached hydrogens (tertiary/aromatic N) is 1. The number of quaternary nitrogens is 1. The van der Waals surface area contributed by atoms with E-state index in [4.69, 9.17) is 5.11 Å². The summed E-state index contributed by atoms with van der Waals surface area (Å²) in [6.45, 7) is 0.796. The van der Waals surface area contributed by atoms with Gasteiger partial charge >= 0.3 is 5.97 Å². The molecule has 0 aliphatic heterocycles. The van der Waals surface area contributed by atoms with Gasteiger partial charge in [-0.25, -0.2) is 0 Å². The van der Waals surface area contributed by atoms with E-state index in [2.05, 4.69) is 12.2 Å². The third kappa shape index (κ3) is 19.1. The van der Waals surface area contributed by atoms with Gasteiger partial charge in [0.25, 0.3) is 0 Å². The first-order chi connectivity index (χ1) is 14.3. The zero-order chi connectivity index (χ0) is 22.7. The molecule has 0 radical (unpaired) electrons. The van der Waals surface area contributed by atoms with Crippen LogP contribution in [0.1, 0.15) is 96.3 Å². The normalized spacial score (nSPS) is 14.3. The van der Waals surface area contributed by atoms with Crippen molar-refractivity contribution in [2.45, 2.75) is 102 Å². The van der Waals surface area contributed by atoms with Gasteiger partial charge in [0, 0.05) is 6.61 Å². The minimum absolute atomic E-state index is 0.329. The second kappa shape index (κ2) is 18.8. The van der Waals surface area contributed by atoms with Gasteiger partial charge in [-0.15, -0.1) is 0 Å². The van der Waals surface area contributed by atoms with E-state index in [-0.39, 0.29) is 0 Å². The number of allylic oxidation sites excluding steroid dienone is 2. The number of carboxylic acid groups (broad SMARTS) is 1. The van der Waals surface area contributed by atoms with Crippen LogP contribution in [-0.2, 0) is 4.79 Å². The van der Waals surface area contributed by atoms with Crippen LogP contribution in [0.4, 0.5) is 0 Å². The molecule has 30 heavy (non-hydrogen) atoms. The summed E-state index contributed by atoms with van der Waals surface area (Å²) in [5, 5.41) is 28.4. The van der Waals surface area contributed by atoms with Gasteiger partial charge in [-0.05, 0) is 38.5 Å². The summed E-state index contributed by atoms with van der Waals surface area (Å²) in [4.78, 5) is 11.4. The van der Waals surface area contributed by atoms with Gasteiger partial charge < -0.3 is 19.8 Å². The number of unbranched alkanes of at least 4 members (excludes halogenated alkanes) is 12. The molecule has 178 valence electrons. The molecule has 0 spiro atoms. The van der Waals surface area contributed by atoms with Crippen molar-refractivity contribution in [3.05, 3.63) is 12.2 Å². The molecule has 3 N–H and O–H groups in total. The second-order valence-electron chi connectivity index (χ2n) is 9.79. The number of aliphatic hydroxyl groups is 2. The molecule has 5 nitrogen and oxygen atoms in total. The highest BCUT2D eigenvalue weighted by Crippen LogP contribution is 2.18. The lowest BCUT2D eigenvalue weighted by atomic mass is 9.94. The molecule has 0 saturated heterocycles. The number of rotatable bonds is 21. The van der Waals surface area contributed by atoms with Crippen molar-refractivity contribution in [2.24, 2.45) is 5.92 Å². The van der Waals surface area contributed by atoms with E-state index in [0.29, 0.717) is 24.1 Å². The Hall–Kier alpha value is -0.910. The Bertz CT molecular complexity index is 431. The van der Waals surface area contributed by atoms with Crippen molar-refractivity contribution >= 4 is 5.97 Å². The van der Waals surface area contributed by atoms with E-state index < -0.39 is 18.0 Å². The molecule has 2 atom stereocenters. The summed E-state index contributed by atoms with van der Waals surface area (Å²) in [5.74, 6) is -1.52. The van der Waals surface area contributed by atoms with Crippen LogP contribution >= 0.6 is 0 Å². The third-order valence-corrected chi connectivity index (χ3v) is 5.60. The standard InChI is InChI=1S/C25H49NO4/c1-26(2,3)22-24(28)23(25(29)30)20-18-16-14-12-10-8-6-4-5-7-9-11-13-15-17-19-21-27/h4-5,23-24,27-28H,6-22H2,1-3H3/p+1/b5-4-. The molecule has 2 unspecified atom stereocenters. The van der Waals surface area contributed by atoms with Crippen LogP contribution in [0, 0.1) is 5.92 Å². The monoisotopic (exact) mass is 428 g/mol. The summed E-state index contributed by atoms with van der Waals surface area (Å²) in [7, 11) is 5.92. The maximum atomic E-state index is 11.4. The Kier molecular flexibility index (Phi) is 18.3. The number of carbonyl (C=O) groups is 1. The van der Waals surface area contributed by atoms with Crippen LogP contribution in [0.3, 0.4) is 0 Å². The highest BCUT2D eigenvalue weighted by atomic mass is 16.4. The number of carboxylic acids is 1. The SMILES string of the molecule is C[N+](C)(C)CC(O)C(CCCCCCCC/C=C\CCCCCCCCO)C(=O)O. The maximum absolute atomic E-state index is 11.4. The lowest BCUT2D eigenvalue weighted by molar-refractivity contribution is -0.874. The fourth-order valence-corrected chi connectivity index (χ4v) is 3.82. The molecule has 0 amide bonds. The first-order valence-electron chi connectivity index (χ1n) is 12.2. The van der Waals surface area contributed by atoms with Gasteiger partial charge in [0.05, 0.1) is 27.1 Å². The van der Waals surface area contributed by atoms with Crippen molar-refractivity contribution in [1.29, 1.82) is 0 Å². The van der Waals surface area contributed by atoms with Gasteiger partial charge in [-0.2, -0.15) is 0 Å². The van der Waals surface area contributed by atoms with Gasteiger partial charge in [-0.3, -0.25) is 4.79 Å². The summed E-state index contributed by atoms with van der Waals surface area (Å²) < 4.78 is 0.574. The summed E-state index contributed by atoms with van der Waals surface area (Å²) in [6, 6.07) is 0. The average Bonchev–Trinajstić information content (AvgIpc) is 2.65. The summed E-state index contributed by atoms with van der Waals surface area (Å²) in [5.41, 5.74) is 0. The van der Waals surface area contributed by atoms with Crippen molar-refractivity contribution in [3.8, 4) is 0 Å². The van der Waals surface area contributed by atoms with Gasteiger partial charge in [0.15, 0.2) is 0 Å². The maximum Gasteiger partial charge on any atom is 0.309 e. The first-order valence-corrected chi connectivity index (χ1v) is 12.2. The first kappa shape index (κ1) is 29.1. The summed E-state index contributed by atoms with van der Waals surface area (Å²) in [6.07, 6.45) is 20.8. The molecule has 0 aliphatic carbocycles. The zero-order valence-corrected chi connectivity index (χ0v) is 20.0. The number of likely N-dealkylation sites (N-methyl/N-ethyl adjacent to an activating group) is 1. The van der Waals surface area contributed by atoms with E-state index in [1.807, 2.05) is 21.1 Å². The number of hydrogen-bond donors (Lipinski definition) is 3. The van der Waals surface area contributed by atoms with Crippen molar-refractivity contribution in [1.82, 2.24) is 0 Å². The van der Waals surface area contributed by atoms with Gasteiger partial charge in [0.2, 0.25) is 0 Å². The van der Waals surface area contributed by atoms with Crippen molar-refractivity contribution < 1.29 is 24.6 Å². The largest absolute Gasteiger partial charge is 0.481 e. The lowest BCUT2D eigenvalue weighted by Crippen LogP contribution is -2.45. The van der Waals surface area contributed by atoms with Crippen LogP contribution in [0.15, 0.2) is 12.2 Å². The predicted molar refractivity (Wildman–Crippen MR) is 126 cm³/mol. The topological polar surface area (TPSA) is 77.8 Å². The van der Waals surface area contributed by atoms with Gasteiger partial charge in [-0.1, -0.05) is 69.9 Å². The third-order valence-electron chi connectivity index (χ3n) is 5.60. The van der Waals surface area contributed by atoms with Crippen LogP contribution in [0.2, 0.25) is 0 Å². The van der Waals surface area contributed by atoms with E-state index in [1.165, 1.54) is 51.4 Å². The Labute approximate surface area is 185 Å². The Balaban J connectivity index is 3.56. The highest BCUT2D eigenvalue weighted by Gasteiger charge is 2.30. The number of hydrogen-bond acceptors (Lipinski definition) is 3. The minimum atomic E-state index is -0.871. The van der Waals surface area contributed by atoms with Crippen LogP contribution < -0.4 is 0 Å². The Morgan fingerprint density at radius 2 is 1.20 bits per heavy atom. The molecule has 0 bridgehead atoms. The van der Waals surface area contributed by atoms with Gasteiger partial charge in [0.1, 0.15) is 12.6 Å². The van der Waals surface area contributed by atoms with Crippen molar-refractivity contribution in [3.63, 3.8) is 0 Å². The zero-order valence-electron chi connectivity index (χ0n) is 20.0. The average molecular weight is 429 g/mol. The molecule has 0 rings (SSSR count). The molecular formula is C25H50NO4+. The quantitative estimate of drug-likeness (QED) is 0.134. The molecule has 0 heterocycles. The second-order valence-corrected chi connectivity index (χ2v) is 9.79. The van der Waals surface area contributed by atoms with E-state index in [9.17, 15) is 15.0 Å². The highest BCUT2D eigenvalue weighted by molar-refractivity contribution is 5.70. The van der Waals surface area contributed by atoms with Crippen LogP contribution in [0.25, 0.3) is 0 Å². The number of aliphatic carboxylic acids is 1. The van der Waals surface area contributed by atoms with E-state index in [0.717, 1.165) is 38.5 Å². The molecule has 0 aromatic rings. The molecule has 0 fully saturated rings. The smallest absolute Gasteiger partial charge is 0.309 e. The molecular weight excluding hydrogens is 378 g/mol. The Morgan fingerprint density at radius 1 is 0.767 bits per heavy atom. The van der Waals surface area contributed by atoms with E-state index in [1.54, 1.807) is 0 Å². The predicted octanol–water partition coefficient (Wildman–Crippen LogP) is 5.15. The number of aliphatic hydroxyl groups excluding tert-OH is 2. The molecule has 0 aromatic carbocycles. The molecule has 5 heteroatoms. The summed E-state index contributed by atoms with van der Waals surface area (Å²) >= 11 is 0. The molecule has 0 aromatic heterocycles. The van der Waals surface area contributed by atoms with Crippen LogP contribution in [-0.4, -0.2) is 66.2 Å². The molecule has 0 aliphatic rings. The fourth-order valence-electron chi connectivity index (χ4n) is 3.82. The van der Waals surface area contributed by atoms with Crippen molar-refractivity contribution in [2.75, 3.05) is 34.3 Å².